The summed E-state index contributed by atoms with van der Waals surface area (Å²) in [6, 6.07) is 9.14. The molecule has 20 heavy (non-hydrogen) atoms. The Kier molecular flexibility index (Phi) is 3.59. The molecule has 0 aliphatic carbocycles. The molecule has 102 valence electrons. The highest BCUT2D eigenvalue weighted by atomic mass is 35.5. The number of benzene rings is 1. The fourth-order valence-electron chi connectivity index (χ4n) is 2.08. The molecule has 1 atom stereocenters. The summed E-state index contributed by atoms with van der Waals surface area (Å²) in [6.07, 6.45) is 1.72. The van der Waals surface area contributed by atoms with Gasteiger partial charge in [0.05, 0.1) is 21.1 Å². The minimum Gasteiger partial charge on any atom is -0.279 e. The third kappa shape index (κ3) is 2.26. The maximum absolute atomic E-state index is 6.23. The van der Waals surface area contributed by atoms with E-state index < -0.39 is 0 Å². The van der Waals surface area contributed by atoms with Crippen molar-refractivity contribution in [2.45, 2.75) is 12.3 Å². The first-order valence-electron chi connectivity index (χ1n) is 6.01. The number of aromatic nitrogens is 3. The predicted octanol–water partition coefficient (Wildman–Crippen LogP) is 5.03. The van der Waals surface area contributed by atoms with Crippen molar-refractivity contribution in [3.8, 4) is 5.69 Å². The molecule has 3 aromatic rings. The molecule has 1 unspecified atom stereocenters. The van der Waals surface area contributed by atoms with Crippen molar-refractivity contribution in [3.63, 3.8) is 0 Å². The molecular weight excluding hydrogens is 317 g/mol. The van der Waals surface area contributed by atoms with Gasteiger partial charge in [0.1, 0.15) is 11.3 Å². The van der Waals surface area contributed by atoms with Gasteiger partial charge in [-0.1, -0.05) is 23.2 Å². The minimum atomic E-state index is -0.251. The van der Waals surface area contributed by atoms with Crippen molar-refractivity contribution in [1.29, 1.82) is 0 Å². The van der Waals surface area contributed by atoms with Gasteiger partial charge in [0.15, 0.2) is 5.65 Å². The molecule has 1 aromatic carbocycles. The molecule has 0 aliphatic rings. The first-order valence-corrected chi connectivity index (χ1v) is 7.20. The van der Waals surface area contributed by atoms with Crippen molar-refractivity contribution < 1.29 is 0 Å². The summed E-state index contributed by atoms with van der Waals surface area (Å²) in [7, 11) is 0. The van der Waals surface area contributed by atoms with Crippen LogP contribution in [0.5, 0.6) is 0 Å². The molecule has 0 radical (unpaired) electrons. The second-order valence-corrected chi connectivity index (χ2v) is 5.84. The Balaban J connectivity index is 2.33. The average molecular weight is 327 g/mol. The second kappa shape index (κ2) is 5.24. The van der Waals surface area contributed by atoms with E-state index in [1.54, 1.807) is 18.3 Å². The number of rotatable bonds is 2. The molecule has 0 saturated carbocycles. The molecule has 0 amide bonds. The van der Waals surface area contributed by atoms with E-state index in [-0.39, 0.29) is 5.38 Å². The SMILES string of the molecule is CC(Cl)c1nc2cccnc2n1-c1ccc(Cl)c(Cl)c1. The Labute approximate surface area is 131 Å². The Morgan fingerprint density at radius 2 is 1.95 bits per heavy atom. The molecule has 0 N–H and O–H groups in total. The van der Waals surface area contributed by atoms with Crippen LogP contribution in [0.4, 0.5) is 0 Å². The topological polar surface area (TPSA) is 30.7 Å². The van der Waals surface area contributed by atoms with Crippen molar-refractivity contribution in [1.82, 2.24) is 14.5 Å². The van der Waals surface area contributed by atoms with E-state index in [0.717, 1.165) is 22.7 Å². The lowest BCUT2D eigenvalue weighted by atomic mass is 10.3. The van der Waals surface area contributed by atoms with Gasteiger partial charge in [-0.2, -0.15) is 0 Å². The quantitative estimate of drug-likeness (QED) is 0.619. The summed E-state index contributed by atoms with van der Waals surface area (Å²) in [4.78, 5) is 8.91. The number of nitrogens with zero attached hydrogens (tertiary/aromatic N) is 3. The van der Waals surface area contributed by atoms with Crippen LogP contribution in [0, 0.1) is 0 Å². The molecule has 0 spiro atoms. The van der Waals surface area contributed by atoms with E-state index in [9.17, 15) is 0 Å². The fraction of sp³-hybridized carbons (Fsp3) is 0.143. The Morgan fingerprint density at radius 3 is 2.65 bits per heavy atom. The van der Waals surface area contributed by atoms with E-state index in [0.29, 0.717) is 10.0 Å². The van der Waals surface area contributed by atoms with E-state index in [2.05, 4.69) is 9.97 Å². The molecule has 6 heteroatoms. The monoisotopic (exact) mass is 325 g/mol. The lowest BCUT2D eigenvalue weighted by Gasteiger charge is -2.10. The number of imidazole rings is 1. The average Bonchev–Trinajstić information content (AvgIpc) is 2.81. The lowest BCUT2D eigenvalue weighted by molar-refractivity contribution is 0.877. The highest BCUT2D eigenvalue weighted by molar-refractivity contribution is 6.42. The fourth-order valence-corrected chi connectivity index (χ4v) is 2.51. The van der Waals surface area contributed by atoms with Crippen LogP contribution in [-0.2, 0) is 0 Å². The molecule has 0 saturated heterocycles. The van der Waals surface area contributed by atoms with Crippen LogP contribution in [0.25, 0.3) is 16.9 Å². The van der Waals surface area contributed by atoms with Crippen LogP contribution in [0.1, 0.15) is 18.1 Å². The maximum Gasteiger partial charge on any atom is 0.164 e. The van der Waals surface area contributed by atoms with Gasteiger partial charge in [0.2, 0.25) is 0 Å². The zero-order chi connectivity index (χ0) is 14.3. The van der Waals surface area contributed by atoms with Crippen LogP contribution in [0.2, 0.25) is 10.0 Å². The lowest BCUT2D eigenvalue weighted by Crippen LogP contribution is -2.02. The van der Waals surface area contributed by atoms with Crippen LogP contribution in [-0.4, -0.2) is 14.5 Å². The maximum atomic E-state index is 6.23. The van der Waals surface area contributed by atoms with Crippen LogP contribution < -0.4 is 0 Å². The Hall–Kier alpha value is -1.29. The van der Waals surface area contributed by atoms with Gasteiger partial charge >= 0.3 is 0 Å². The van der Waals surface area contributed by atoms with Crippen molar-refractivity contribution >= 4 is 46.0 Å². The number of hydrogen-bond donors (Lipinski definition) is 0. The molecule has 0 aliphatic heterocycles. The van der Waals surface area contributed by atoms with Gasteiger partial charge in [-0.3, -0.25) is 4.57 Å². The first kappa shape index (κ1) is 13.7. The normalized spacial score (nSPS) is 12.8. The van der Waals surface area contributed by atoms with Crippen molar-refractivity contribution in [3.05, 3.63) is 52.4 Å². The van der Waals surface area contributed by atoms with Gasteiger partial charge in [-0.05, 0) is 37.3 Å². The number of halogens is 3. The zero-order valence-electron chi connectivity index (χ0n) is 10.5. The van der Waals surface area contributed by atoms with Crippen LogP contribution in [0.15, 0.2) is 36.5 Å². The second-order valence-electron chi connectivity index (χ2n) is 4.37. The van der Waals surface area contributed by atoms with Gasteiger partial charge < -0.3 is 0 Å². The molecule has 2 aromatic heterocycles. The highest BCUT2D eigenvalue weighted by Crippen LogP contribution is 2.30. The summed E-state index contributed by atoms with van der Waals surface area (Å²) in [5.41, 5.74) is 2.37. The largest absolute Gasteiger partial charge is 0.279 e. The number of hydrogen-bond acceptors (Lipinski definition) is 2. The van der Waals surface area contributed by atoms with Crippen molar-refractivity contribution in [2.75, 3.05) is 0 Å². The number of alkyl halides is 1. The van der Waals surface area contributed by atoms with E-state index in [1.807, 2.05) is 29.7 Å². The first-order chi connectivity index (χ1) is 9.58. The van der Waals surface area contributed by atoms with Gasteiger partial charge in [0.25, 0.3) is 0 Å². The number of fused-ring (bicyclic) bond motifs is 1. The molecule has 3 rings (SSSR count). The molecule has 0 bridgehead atoms. The van der Waals surface area contributed by atoms with Gasteiger partial charge in [-0.25, -0.2) is 9.97 Å². The highest BCUT2D eigenvalue weighted by Gasteiger charge is 2.17. The molecule has 0 fully saturated rings. The predicted molar refractivity (Wildman–Crippen MR) is 83.2 cm³/mol. The standard InChI is InChI=1S/C14H10Cl3N3/c1-8(15)13-19-12-3-2-6-18-14(12)20(13)9-4-5-10(16)11(17)7-9/h2-8H,1H3. The molecule has 2 heterocycles. The van der Waals surface area contributed by atoms with Crippen molar-refractivity contribution in [2.24, 2.45) is 0 Å². The summed E-state index contributed by atoms with van der Waals surface area (Å²) in [5.74, 6) is 0.721. The third-order valence-corrected chi connectivity index (χ3v) is 3.89. The summed E-state index contributed by atoms with van der Waals surface area (Å²) < 4.78 is 1.90. The van der Waals surface area contributed by atoms with Crippen LogP contribution in [0.3, 0.4) is 0 Å². The molecular formula is C14H10Cl3N3. The summed E-state index contributed by atoms with van der Waals surface area (Å²) >= 11 is 18.3. The number of pyridine rings is 1. The van der Waals surface area contributed by atoms with E-state index >= 15 is 0 Å². The smallest absolute Gasteiger partial charge is 0.164 e. The minimum absolute atomic E-state index is 0.251. The third-order valence-electron chi connectivity index (χ3n) is 2.96. The van der Waals surface area contributed by atoms with Crippen LogP contribution >= 0.6 is 34.8 Å². The zero-order valence-corrected chi connectivity index (χ0v) is 12.8. The molecule has 3 nitrogen and oxygen atoms in total. The summed E-state index contributed by atoms with van der Waals surface area (Å²) in [6.45, 7) is 1.87. The van der Waals surface area contributed by atoms with Gasteiger partial charge in [0, 0.05) is 6.20 Å². The summed E-state index contributed by atoms with van der Waals surface area (Å²) in [5, 5.41) is 0.738. The Bertz CT molecular complexity index is 780. The van der Waals surface area contributed by atoms with E-state index in [4.69, 9.17) is 34.8 Å². The Morgan fingerprint density at radius 1 is 1.15 bits per heavy atom. The van der Waals surface area contributed by atoms with E-state index in [1.165, 1.54) is 0 Å². The van der Waals surface area contributed by atoms with Gasteiger partial charge in [-0.15, -0.1) is 11.6 Å².